The quantitative estimate of drug-likeness (QED) is 0.738. The highest BCUT2D eigenvalue weighted by Crippen LogP contribution is 2.38. The fraction of sp³-hybridized carbons (Fsp3) is 0.235. The standard InChI is InChI=1S/C17H17NO2/c1-18-10-17(19)20-11-13-6-4-8-15-14-7-3-2-5-12(14)9-16(13)15/h2-8,18H,9-11H2,1H3. The summed E-state index contributed by atoms with van der Waals surface area (Å²) in [4.78, 5) is 11.5. The molecule has 0 radical (unpaired) electrons. The van der Waals surface area contributed by atoms with E-state index in [9.17, 15) is 4.79 Å². The number of hydrogen-bond donors (Lipinski definition) is 1. The molecule has 2 aromatic carbocycles. The number of fused-ring (bicyclic) bond motifs is 3. The number of rotatable bonds is 4. The predicted molar refractivity (Wildman–Crippen MR) is 78.4 cm³/mol. The molecule has 1 N–H and O–H groups in total. The second kappa shape index (κ2) is 5.47. The summed E-state index contributed by atoms with van der Waals surface area (Å²) in [6, 6.07) is 14.6. The van der Waals surface area contributed by atoms with Crippen LogP contribution in [0.5, 0.6) is 0 Å². The molecule has 0 spiro atoms. The molecule has 1 aliphatic rings. The van der Waals surface area contributed by atoms with Gasteiger partial charge < -0.3 is 10.1 Å². The van der Waals surface area contributed by atoms with E-state index in [0.717, 1.165) is 12.0 Å². The third-order valence-corrected chi connectivity index (χ3v) is 3.66. The lowest BCUT2D eigenvalue weighted by molar-refractivity contribution is -0.143. The van der Waals surface area contributed by atoms with Crippen LogP contribution in [0, 0.1) is 0 Å². The molecular weight excluding hydrogens is 250 g/mol. The Hall–Kier alpha value is -2.13. The maximum absolute atomic E-state index is 11.5. The Balaban J connectivity index is 1.84. The van der Waals surface area contributed by atoms with Crippen molar-refractivity contribution in [1.82, 2.24) is 5.32 Å². The third-order valence-electron chi connectivity index (χ3n) is 3.66. The molecule has 2 aromatic rings. The van der Waals surface area contributed by atoms with Crippen LogP contribution in [0.1, 0.15) is 16.7 Å². The van der Waals surface area contributed by atoms with E-state index in [-0.39, 0.29) is 12.5 Å². The second-order valence-electron chi connectivity index (χ2n) is 4.97. The lowest BCUT2D eigenvalue weighted by Crippen LogP contribution is -2.20. The van der Waals surface area contributed by atoms with Crippen LogP contribution in [-0.4, -0.2) is 19.6 Å². The summed E-state index contributed by atoms with van der Waals surface area (Å²) in [5.41, 5.74) is 6.29. The highest BCUT2D eigenvalue weighted by molar-refractivity contribution is 5.78. The number of carbonyl (C=O) groups excluding carboxylic acids is 1. The largest absolute Gasteiger partial charge is 0.460 e. The molecule has 3 heteroatoms. The van der Waals surface area contributed by atoms with Gasteiger partial charge in [-0.05, 0) is 41.3 Å². The van der Waals surface area contributed by atoms with Crippen molar-refractivity contribution in [1.29, 1.82) is 0 Å². The molecule has 3 rings (SSSR count). The van der Waals surface area contributed by atoms with Crippen molar-refractivity contribution in [3.63, 3.8) is 0 Å². The van der Waals surface area contributed by atoms with Crippen molar-refractivity contribution in [2.45, 2.75) is 13.0 Å². The van der Waals surface area contributed by atoms with Crippen molar-refractivity contribution in [2.24, 2.45) is 0 Å². The summed E-state index contributed by atoms with van der Waals surface area (Å²) in [7, 11) is 1.73. The monoisotopic (exact) mass is 267 g/mol. The van der Waals surface area contributed by atoms with Gasteiger partial charge in [0.2, 0.25) is 0 Å². The van der Waals surface area contributed by atoms with Gasteiger partial charge in [-0.3, -0.25) is 4.79 Å². The van der Waals surface area contributed by atoms with Gasteiger partial charge >= 0.3 is 5.97 Å². The fourth-order valence-corrected chi connectivity index (χ4v) is 2.71. The Morgan fingerprint density at radius 2 is 1.95 bits per heavy atom. The summed E-state index contributed by atoms with van der Waals surface area (Å²) in [6.45, 7) is 0.590. The number of likely N-dealkylation sites (N-methyl/N-ethyl adjacent to an activating group) is 1. The van der Waals surface area contributed by atoms with E-state index in [1.807, 2.05) is 12.1 Å². The summed E-state index contributed by atoms with van der Waals surface area (Å²) < 4.78 is 5.29. The first-order chi connectivity index (χ1) is 9.79. The Labute approximate surface area is 118 Å². The summed E-state index contributed by atoms with van der Waals surface area (Å²) in [6.07, 6.45) is 0.922. The lowest BCUT2D eigenvalue weighted by Gasteiger charge is -2.09. The number of esters is 1. The normalized spacial score (nSPS) is 11.8. The molecule has 0 atom stereocenters. The molecule has 102 valence electrons. The Morgan fingerprint density at radius 3 is 2.80 bits per heavy atom. The number of hydrogen-bond acceptors (Lipinski definition) is 3. The van der Waals surface area contributed by atoms with Crippen molar-refractivity contribution in [3.05, 3.63) is 59.2 Å². The fourth-order valence-electron chi connectivity index (χ4n) is 2.71. The van der Waals surface area contributed by atoms with Gasteiger partial charge in [0.05, 0.1) is 6.54 Å². The van der Waals surface area contributed by atoms with Crippen LogP contribution in [0.4, 0.5) is 0 Å². The summed E-state index contributed by atoms with van der Waals surface area (Å²) in [5, 5.41) is 2.80. The first kappa shape index (κ1) is 12.9. The maximum Gasteiger partial charge on any atom is 0.320 e. The highest BCUT2D eigenvalue weighted by Gasteiger charge is 2.20. The molecule has 0 saturated carbocycles. The SMILES string of the molecule is CNCC(=O)OCc1cccc2c1Cc1ccccc1-2. The van der Waals surface area contributed by atoms with E-state index in [0.29, 0.717) is 6.61 Å². The van der Waals surface area contributed by atoms with Crippen LogP contribution in [0.25, 0.3) is 11.1 Å². The molecule has 0 heterocycles. The molecular formula is C17H17NO2. The number of benzene rings is 2. The van der Waals surface area contributed by atoms with Gasteiger partial charge in [-0.15, -0.1) is 0 Å². The summed E-state index contributed by atoms with van der Waals surface area (Å²) >= 11 is 0. The first-order valence-electron chi connectivity index (χ1n) is 6.79. The number of carbonyl (C=O) groups is 1. The average Bonchev–Trinajstić information content (AvgIpc) is 2.84. The zero-order valence-electron chi connectivity index (χ0n) is 11.5. The first-order valence-corrected chi connectivity index (χ1v) is 6.79. The van der Waals surface area contributed by atoms with Crippen molar-refractivity contribution >= 4 is 5.97 Å². The molecule has 0 aromatic heterocycles. The van der Waals surface area contributed by atoms with E-state index in [1.165, 1.54) is 22.3 Å². The van der Waals surface area contributed by atoms with Crippen LogP contribution in [0.3, 0.4) is 0 Å². The third kappa shape index (κ3) is 2.32. The van der Waals surface area contributed by atoms with Gasteiger partial charge in [0.1, 0.15) is 6.61 Å². The number of ether oxygens (including phenoxy) is 1. The van der Waals surface area contributed by atoms with E-state index >= 15 is 0 Å². The lowest BCUT2D eigenvalue weighted by atomic mass is 10.0. The van der Waals surface area contributed by atoms with Crippen LogP contribution >= 0.6 is 0 Å². The Kier molecular flexibility index (Phi) is 3.52. The maximum atomic E-state index is 11.5. The topological polar surface area (TPSA) is 38.3 Å². The van der Waals surface area contributed by atoms with Gasteiger partial charge in [0.15, 0.2) is 0 Å². The Bertz CT molecular complexity index is 649. The number of nitrogens with one attached hydrogen (secondary N) is 1. The molecule has 0 unspecified atom stereocenters. The van der Waals surface area contributed by atoms with Gasteiger partial charge in [0.25, 0.3) is 0 Å². The van der Waals surface area contributed by atoms with Gasteiger partial charge in [-0.2, -0.15) is 0 Å². The van der Waals surface area contributed by atoms with Crippen molar-refractivity contribution in [2.75, 3.05) is 13.6 Å². The predicted octanol–water partition coefficient (Wildman–Crippen LogP) is 2.52. The molecule has 0 amide bonds. The van der Waals surface area contributed by atoms with Gasteiger partial charge in [-0.25, -0.2) is 0 Å². The van der Waals surface area contributed by atoms with Gasteiger partial charge in [0, 0.05) is 0 Å². The van der Waals surface area contributed by atoms with E-state index < -0.39 is 0 Å². The molecule has 0 aliphatic heterocycles. The zero-order valence-corrected chi connectivity index (χ0v) is 11.5. The van der Waals surface area contributed by atoms with Crippen LogP contribution in [-0.2, 0) is 22.6 Å². The minimum absolute atomic E-state index is 0.222. The Morgan fingerprint density at radius 1 is 1.15 bits per heavy atom. The van der Waals surface area contributed by atoms with E-state index in [1.54, 1.807) is 7.05 Å². The van der Waals surface area contributed by atoms with E-state index in [2.05, 4.69) is 35.6 Å². The minimum atomic E-state index is -0.222. The molecule has 20 heavy (non-hydrogen) atoms. The molecule has 0 fully saturated rings. The molecule has 0 saturated heterocycles. The van der Waals surface area contributed by atoms with Crippen LogP contribution in [0.2, 0.25) is 0 Å². The van der Waals surface area contributed by atoms with Crippen LogP contribution in [0.15, 0.2) is 42.5 Å². The average molecular weight is 267 g/mol. The molecule has 0 bridgehead atoms. The minimum Gasteiger partial charge on any atom is -0.460 e. The van der Waals surface area contributed by atoms with Crippen molar-refractivity contribution in [3.8, 4) is 11.1 Å². The summed E-state index contributed by atoms with van der Waals surface area (Å²) in [5.74, 6) is -0.222. The zero-order chi connectivity index (χ0) is 13.9. The van der Waals surface area contributed by atoms with Crippen LogP contribution < -0.4 is 5.32 Å². The highest BCUT2D eigenvalue weighted by atomic mass is 16.5. The van der Waals surface area contributed by atoms with E-state index in [4.69, 9.17) is 4.74 Å². The smallest absolute Gasteiger partial charge is 0.320 e. The van der Waals surface area contributed by atoms with Crippen molar-refractivity contribution < 1.29 is 9.53 Å². The van der Waals surface area contributed by atoms with Gasteiger partial charge in [-0.1, -0.05) is 42.5 Å². The second-order valence-corrected chi connectivity index (χ2v) is 4.97. The molecule has 1 aliphatic carbocycles. The molecule has 3 nitrogen and oxygen atoms in total.